The maximum Gasteiger partial charge on any atom is 0.242 e. The molecule has 2 amide bonds. The number of amides is 2. The van der Waals surface area contributed by atoms with E-state index >= 15 is 0 Å². The van der Waals surface area contributed by atoms with Gasteiger partial charge in [-0.15, -0.1) is 0 Å². The van der Waals surface area contributed by atoms with Gasteiger partial charge in [0.05, 0.1) is 17.3 Å². The van der Waals surface area contributed by atoms with Crippen LogP contribution in [0.3, 0.4) is 0 Å². The van der Waals surface area contributed by atoms with Crippen molar-refractivity contribution in [1.29, 1.82) is 0 Å². The summed E-state index contributed by atoms with van der Waals surface area (Å²) < 4.78 is 0. The normalized spacial score (nSPS) is 20.8. The zero-order valence-corrected chi connectivity index (χ0v) is 19.7. The number of rotatable bonds is 4. The Bertz CT molecular complexity index is 1080. The van der Waals surface area contributed by atoms with Gasteiger partial charge in [-0.05, 0) is 87.1 Å². The van der Waals surface area contributed by atoms with Gasteiger partial charge in [0.15, 0.2) is 0 Å². The van der Waals surface area contributed by atoms with E-state index in [0.29, 0.717) is 5.92 Å². The minimum atomic E-state index is -0.178. The topological polar surface area (TPSA) is 53.0 Å². The van der Waals surface area contributed by atoms with Crippen LogP contribution in [0.25, 0.3) is 0 Å². The second kappa shape index (κ2) is 9.12. The lowest BCUT2D eigenvalue weighted by Gasteiger charge is -2.34. The third-order valence-corrected chi connectivity index (χ3v) is 7.67. The van der Waals surface area contributed by atoms with Crippen LogP contribution >= 0.6 is 0 Å². The van der Waals surface area contributed by atoms with Crippen LogP contribution < -0.4 is 4.90 Å². The highest BCUT2D eigenvalue weighted by molar-refractivity contribution is 6.16. The number of benzene rings is 2. The molecule has 2 heterocycles. The fourth-order valence-corrected chi connectivity index (χ4v) is 5.51. The largest absolute Gasteiger partial charge is 0.341 e. The molecular formula is C28H33N3O2. The number of hydrogen-bond acceptors (Lipinski definition) is 3. The number of nitrogens with zero attached hydrogens (tertiary/aromatic N) is 3. The predicted molar refractivity (Wildman–Crippen MR) is 132 cm³/mol. The Labute approximate surface area is 196 Å². The molecule has 2 aliphatic heterocycles. The highest BCUT2D eigenvalue weighted by Gasteiger charge is 2.38. The molecule has 2 fully saturated rings. The maximum absolute atomic E-state index is 13.5. The van der Waals surface area contributed by atoms with Crippen LogP contribution in [0.5, 0.6) is 0 Å². The molecule has 33 heavy (non-hydrogen) atoms. The van der Waals surface area contributed by atoms with Crippen molar-refractivity contribution in [2.24, 2.45) is 16.8 Å². The first-order chi connectivity index (χ1) is 16.0. The van der Waals surface area contributed by atoms with Crippen molar-refractivity contribution >= 4 is 28.9 Å². The van der Waals surface area contributed by atoms with E-state index in [9.17, 15) is 9.59 Å². The molecule has 0 bridgehead atoms. The van der Waals surface area contributed by atoms with Gasteiger partial charge in [0.2, 0.25) is 11.8 Å². The number of fused-ring (bicyclic) bond motifs is 2. The van der Waals surface area contributed by atoms with E-state index in [0.717, 1.165) is 79.8 Å². The van der Waals surface area contributed by atoms with Gasteiger partial charge in [-0.2, -0.15) is 0 Å². The van der Waals surface area contributed by atoms with E-state index in [-0.39, 0.29) is 24.3 Å². The second-order valence-corrected chi connectivity index (χ2v) is 9.91. The molecule has 3 aliphatic rings. The number of anilines is 1. The summed E-state index contributed by atoms with van der Waals surface area (Å²) in [5, 5.41) is 0. The number of piperidine rings is 1. The third kappa shape index (κ3) is 4.46. The van der Waals surface area contributed by atoms with Crippen molar-refractivity contribution in [3.63, 3.8) is 0 Å². The standard InChI is InChI=1S/C28H33N3O2/c1-19-15-25-26(16-20(19)2)31(28(33)23-9-6-10-24(23)29-25)18-27(32)30-13-11-22(12-14-30)17-21-7-4-3-5-8-21/h3-5,7-8,15-16,22-23H,6,9-14,17-18H2,1-2H3/t23-/m0/s1. The monoisotopic (exact) mass is 443 g/mol. The van der Waals surface area contributed by atoms with Gasteiger partial charge in [0.25, 0.3) is 0 Å². The summed E-state index contributed by atoms with van der Waals surface area (Å²) in [7, 11) is 0. The summed E-state index contributed by atoms with van der Waals surface area (Å²) in [6, 6.07) is 14.7. The Balaban J connectivity index is 1.30. The van der Waals surface area contributed by atoms with E-state index < -0.39 is 0 Å². The van der Waals surface area contributed by atoms with Gasteiger partial charge in [-0.1, -0.05) is 30.3 Å². The molecule has 1 aliphatic carbocycles. The smallest absolute Gasteiger partial charge is 0.242 e. The molecule has 172 valence electrons. The fraction of sp³-hybridized carbons (Fsp3) is 0.464. The fourth-order valence-electron chi connectivity index (χ4n) is 5.51. The van der Waals surface area contributed by atoms with E-state index in [4.69, 9.17) is 4.99 Å². The highest BCUT2D eigenvalue weighted by Crippen LogP contribution is 2.39. The average molecular weight is 444 g/mol. The lowest BCUT2D eigenvalue weighted by Crippen LogP contribution is -2.47. The predicted octanol–water partition coefficient (Wildman–Crippen LogP) is 5.00. The van der Waals surface area contributed by atoms with Crippen molar-refractivity contribution in [3.8, 4) is 0 Å². The number of hydrogen-bond donors (Lipinski definition) is 0. The molecule has 2 aromatic carbocycles. The molecule has 0 unspecified atom stereocenters. The van der Waals surface area contributed by atoms with Crippen molar-refractivity contribution in [1.82, 2.24) is 4.90 Å². The summed E-state index contributed by atoms with van der Waals surface area (Å²) in [6.45, 7) is 5.77. The van der Waals surface area contributed by atoms with Gasteiger partial charge < -0.3 is 9.80 Å². The Morgan fingerprint density at radius 2 is 1.76 bits per heavy atom. The molecule has 0 radical (unpaired) electrons. The summed E-state index contributed by atoms with van der Waals surface area (Å²) in [5.74, 6) is 0.521. The SMILES string of the molecule is Cc1cc2c(cc1C)N(CC(=O)N1CCC(Cc3ccccc3)CC1)C(=O)[C@H]1CCCC1=N2. The second-order valence-electron chi connectivity index (χ2n) is 9.91. The number of carbonyl (C=O) groups is 2. The first kappa shape index (κ1) is 21.9. The van der Waals surface area contributed by atoms with Crippen LogP contribution in [-0.2, 0) is 16.0 Å². The van der Waals surface area contributed by atoms with Crippen LogP contribution in [-0.4, -0.2) is 42.1 Å². The first-order valence-electron chi connectivity index (χ1n) is 12.3. The minimum Gasteiger partial charge on any atom is -0.341 e. The average Bonchev–Trinajstić information content (AvgIpc) is 3.25. The lowest BCUT2D eigenvalue weighted by atomic mass is 9.90. The molecule has 1 saturated carbocycles. The lowest BCUT2D eigenvalue weighted by molar-refractivity contribution is -0.132. The first-order valence-corrected chi connectivity index (χ1v) is 12.3. The zero-order valence-electron chi connectivity index (χ0n) is 19.7. The molecule has 5 rings (SSSR count). The molecule has 1 saturated heterocycles. The number of carbonyl (C=O) groups excluding carboxylic acids is 2. The minimum absolute atomic E-state index is 0.0422. The Morgan fingerprint density at radius 1 is 1.03 bits per heavy atom. The molecular weight excluding hydrogens is 410 g/mol. The van der Waals surface area contributed by atoms with Crippen LogP contribution in [0.2, 0.25) is 0 Å². The quantitative estimate of drug-likeness (QED) is 0.667. The van der Waals surface area contributed by atoms with Crippen LogP contribution in [0.4, 0.5) is 11.4 Å². The Kier molecular flexibility index (Phi) is 6.05. The van der Waals surface area contributed by atoms with Crippen molar-refractivity contribution in [2.75, 3.05) is 24.5 Å². The molecule has 5 heteroatoms. The van der Waals surface area contributed by atoms with Gasteiger partial charge in [0.1, 0.15) is 6.54 Å². The molecule has 5 nitrogen and oxygen atoms in total. The van der Waals surface area contributed by atoms with Crippen LogP contribution in [0, 0.1) is 25.7 Å². The Hall–Kier alpha value is -2.95. The molecule has 1 atom stereocenters. The molecule has 0 aromatic heterocycles. The third-order valence-electron chi connectivity index (χ3n) is 7.67. The van der Waals surface area contributed by atoms with E-state index in [1.807, 2.05) is 11.0 Å². The number of aliphatic imine (C=N–C) groups is 1. The maximum atomic E-state index is 13.5. The van der Waals surface area contributed by atoms with Gasteiger partial charge in [-0.3, -0.25) is 14.6 Å². The summed E-state index contributed by atoms with van der Waals surface area (Å²) >= 11 is 0. The van der Waals surface area contributed by atoms with Crippen molar-refractivity contribution in [2.45, 2.75) is 52.4 Å². The number of likely N-dealkylation sites (tertiary alicyclic amines) is 1. The Morgan fingerprint density at radius 3 is 2.52 bits per heavy atom. The van der Waals surface area contributed by atoms with Crippen molar-refractivity contribution < 1.29 is 9.59 Å². The highest BCUT2D eigenvalue weighted by atomic mass is 16.2. The van der Waals surface area contributed by atoms with Crippen LogP contribution in [0.15, 0.2) is 47.5 Å². The van der Waals surface area contributed by atoms with E-state index in [1.54, 1.807) is 4.90 Å². The van der Waals surface area contributed by atoms with Crippen molar-refractivity contribution in [3.05, 3.63) is 59.2 Å². The number of aryl methyl sites for hydroxylation is 2. The van der Waals surface area contributed by atoms with E-state index in [2.05, 4.69) is 50.2 Å². The molecule has 2 aromatic rings. The zero-order chi connectivity index (χ0) is 22.9. The van der Waals surface area contributed by atoms with Gasteiger partial charge in [-0.25, -0.2) is 0 Å². The van der Waals surface area contributed by atoms with Crippen LogP contribution in [0.1, 0.15) is 48.8 Å². The van der Waals surface area contributed by atoms with Gasteiger partial charge >= 0.3 is 0 Å². The van der Waals surface area contributed by atoms with Gasteiger partial charge in [0, 0.05) is 18.8 Å². The summed E-state index contributed by atoms with van der Waals surface area (Å²) in [5.41, 5.74) is 6.26. The molecule has 0 spiro atoms. The van der Waals surface area contributed by atoms with E-state index in [1.165, 1.54) is 5.56 Å². The summed E-state index contributed by atoms with van der Waals surface area (Å²) in [4.78, 5) is 35.5. The summed E-state index contributed by atoms with van der Waals surface area (Å²) in [6.07, 6.45) is 5.80. The molecule has 0 N–H and O–H groups in total.